The summed E-state index contributed by atoms with van der Waals surface area (Å²) < 4.78 is 1.62. The minimum atomic E-state index is -0.101. The second-order valence-corrected chi connectivity index (χ2v) is 4.42. The summed E-state index contributed by atoms with van der Waals surface area (Å²) in [6.45, 7) is 0.0961. The Morgan fingerprint density at radius 1 is 1.24 bits per heavy atom. The average Bonchev–Trinajstić information content (AvgIpc) is 2.92. The number of nitrogens with two attached hydrogens (primary N) is 1. The van der Waals surface area contributed by atoms with Gasteiger partial charge in [0.25, 0.3) is 0 Å². The van der Waals surface area contributed by atoms with E-state index in [1.807, 2.05) is 6.07 Å². The average molecular weight is 278 g/mol. The summed E-state index contributed by atoms with van der Waals surface area (Å²) in [6, 6.07) is 8.49. The van der Waals surface area contributed by atoms with Crippen LogP contribution in [0.5, 0.6) is 0 Å². The monoisotopic (exact) mass is 278 g/mol. The molecule has 0 aliphatic carbocycles. The van der Waals surface area contributed by atoms with Crippen LogP contribution in [0.1, 0.15) is 15.9 Å². The van der Waals surface area contributed by atoms with Gasteiger partial charge in [0, 0.05) is 5.56 Å². The molecule has 0 radical (unpaired) electrons. The van der Waals surface area contributed by atoms with Crippen LogP contribution in [0.4, 0.5) is 5.82 Å². The van der Waals surface area contributed by atoms with Crippen molar-refractivity contribution in [2.45, 2.75) is 6.54 Å². The number of hydrogen-bond acceptors (Lipinski definition) is 6. The zero-order chi connectivity index (χ0) is 14.8. The van der Waals surface area contributed by atoms with E-state index in [9.17, 15) is 4.79 Å². The van der Waals surface area contributed by atoms with Gasteiger partial charge in [0.2, 0.25) is 0 Å². The summed E-state index contributed by atoms with van der Waals surface area (Å²) in [4.78, 5) is 24.3. The summed E-state index contributed by atoms with van der Waals surface area (Å²) in [7, 11) is 0. The SMILES string of the molecule is N#Cc1ccc(C(=O)Cn2cnc3c(N)ncnc32)cc1. The minimum absolute atomic E-state index is 0.0961. The molecule has 0 unspecified atom stereocenters. The van der Waals surface area contributed by atoms with Crippen LogP contribution in [0.3, 0.4) is 0 Å². The quantitative estimate of drug-likeness (QED) is 0.720. The van der Waals surface area contributed by atoms with E-state index < -0.39 is 0 Å². The van der Waals surface area contributed by atoms with E-state index in [1.54, 1.807) is 28.8 Å². The van der Waals surface area contributed by atoms with Crippen LogP contribution in [-0.4, -0.2) is 25.3 Å². The van der Waals surface area contributed by atoms with Gasteiger partial charge in [-0.3, -0.25) is 4.79 Å². The molecule has 0 amide bonds. The number of aromatic nitrogens is 4. The topological polar surface area (TPSA) is 110 Å². The molecule has 0 saturated carbocycles. The minimum Gasteiger partial charge on any atom is -0.382 e. The van der Waals surface area contributed by atoms with Crippen molar-refractivity contribution in [3.05, 3.63) is 48.0 Å². The molecule has 0 saturated heterocycles. The fourth-order valence-corrected chi connectivity index (χ4v) is 1.99. The lowest BCUT2D eigenvalue weighted by atomic mass is 10.1. The Kier molecular flexibility index (Phi) is 3.04. The molecular weight excluding hydrogens is 268 g/mol. The van der Waals surface area contributed by atoms with Crippen molar-refractivity contribution in [1.82, 2.24) is 19.5 Å². The summed E-state index contributed by atoms with van der Waals surface area (Å²) in [6.07, 6.45) is 2.85. The number of nitriles is 1. The predicted octanol–water partition coefficient (Wildman–Crippen LogP) is 1.16. The first-order chi connectivity index (χ1) is 10.2. The summed E-state index contributed by atoms with van der Waals surface area (Å²) in [5, 5.41) is 8.75. The van der Waals surface area contributed by atoms with Crippen LogP contribution in [0.2, 0.25) is 0 Å². The highest BCUT2D eigenvalue weighted by molar-refractivity contribution is 5.96. The molecule has 3 rings (SSSR count). The van der Waals surface area contributed by atoms with E-state index in [-0.39, 0.29) is 18.1 Å². The Balaban J connectivity index is 1.89. The number of rotatable bonds is 3. The maximum Gasteiger partial charge on any atom is 0.182 e. The first-order valence-corrected chi connectivity index (χ1v) is 6.13. The molecule has 1 aromatic carbocycles. The van der Waals surface area contributed by atoms with Crippen LogP contribution in [-0.2, 0) is 6.54 Å². The number of benzene rings is 1. The number of carbonyl (C=O) groups is 1. The third-order valence-corrected chi connectivity index (χ3v) is 3.08. The molecule has 0 aliphatic heterocycles. The van der Waals surface area contributed by atoms with Gasteiger partial charge in [-0.1, -0.05) is 12.1 Å². The lowest BCUT2D eigenvalue weighted by Gasteiger charge is -2.03. The molecule has 2 heterocycles. The van der Waals surface area contributed by atoms with Gasteiger partial charge in [0.15, 0.2) is 17.2 Å². The Morgan fingerprint density at radius 2 is 2.00 bits per heavy atom. The normalized spacial score (nSPS) is 10.4. The summed E-state index contributed by atoms with van der Waals surface area (Å²) in [5.74, 6) is 0.181. The van der Waals surface area contributed by atoms with E-state index in [2.05, 4.69) is 15.0 Å². The fourth-order valence-electron chi connectivity index (χ4n) is 1.99. The van der Waals surface area contributed by atoms with E-state index in [0.29, 0.717) is 22.3 Å². The number of Topliss-reactive ketones (excluding diaryl/α,β-unsaturated/α-hetero) is 1. The second kappa shape index (κ2) is 5.02. The van der Waals surface area contributed by atoms with E-state index in [0.717, 1.165) is 0 Å². The number of carbonyl (C=O) groups excluding carboxylic acids is 1. The number of hydrogen-bond donors (Lipinski definition) is 1. The van der Waals surface area contributed by atoms with Crippen molar-refractivity contribution in [2.75, 3.05) is 5.73 Å². The van der Waals surface area contributed by atoms with Gasteiger partial charge in [-0.15, -0.1) is 0 Å². The van der Waals surface area contributed by atoms with Gasteiger partial charge < -0.3 is 10.3 Å². The molecule has 3 aromatic rings. The Bertz CT molecular complexity index is 859. The highest BCUT2D eigenvalue weighted by Crippen LogP contribution is 2.15. The zero-order valence-corrected chi connectivity index (χ0v) is 10.9. The molecule has 2 N–H and O–H groups in total. The van der Waals surface area contributed by atoms with Crippen molar-refractivity contribution in [2.24, 2.45) is 0 Å². The number of nitrogen functional groups attached to an aromatic ring is 1. The Morgan fingerprint density at radius 3 is 2.71 bits per heavy atom. The molecule has 7 heteroatoms. The van der Waals surface area contributed by atoms with E-state index in [4.69, 9.17) is 11.0 Å². The van der Waals surface area contributed by atoms with Crippen molar-refractivity contribution >= 4 is 22.8 Å². The number of ketones is 1. The summed E-state index contributed by atoms with van der Waals surface area (Å²) in [5.41, 5.74) is 7.74. The third-order valence-electron chi connectivity index (χ3n) is 3.08. The van der Waals surface area contributed by atoms with Crippen LogP contribution in [0, 0.1) is 11.3 Å². The Labute approximate surface area is 119 Å². The maximum absolute atomic E-state index is 12.2. The first kappa shape index (κ1) is 12.7. The standard InChI is InChI=1S/C14H10N6O/c15-5-9-1-3-10(4-2-9)11(21)6-20-8-19-12-13(16)17-7-18-14(12)20/h1-4,7-8H,6H2,(H2,16,17,18). The second-order valence-electron chi connectivity index (χ2n) is 4.42. The zero-order valence-electron chi connectivity index (χ0n) is 10.9. The molecule has 21 heavy (non-hydrogen) atoms. The van der Waals surface area contributed by atoms with E-state index >= 15 is 0 Å². The van der Waals surface area contributed by atoms with Gasteiger partial charge in [-0.05, 0) is 12.1 Å². The van der Waals surface area contributed by atoms with Crippen LogP contribution in [0.15, 0.2) is 36.9 Å². The predicted molar refractivity (Wildman–Crippen MR) is 75.2 cm³/mol. The molecule has 102 valence electrons. The van der Waals surface area contributed by atoms with Gasteiger partial charge in [-0.25, -0.2) is 15.0 Å². The van der Waals surface area contributed by atoms with Crippen molar-refractivity contribution in [3.8, 4) is 6.07 Å². The molecule has 0 spiro atoms. The molecule has 7 nitrogen and oxygen atoms in total. The highest BCUT2D eigenvalue weighted by atomic mass is 16.1. The van der Waals surface area contributed by atoms with Crippen LogP contribution < -0.4 is 5.73 Å². The van der Waals surface area contributed by atoms with Crippen LogP contribution >= 0.6 is 0 Å². The number of nitrogens with zero attached hydrogens (tertiary/aromatic N) is 5. The maximum atomic E-state index is 12.2. The number of anilines is 1. The largest absolute Gasteiger partial charge is 0.382 e. The van der Waals surface area contributed by atoms with E-state index in [1.165, 1.54) is 12.7 Å². The van der Waals surface area contributed by atoms with Crippen molar-refractivity contribution in [3.63, 3.8) is 0 Å². The van der Waals surface area contributed by atoms with Gasteiger partial charge in [0.05, 0.1) is 24.5 Å². The molecule has 0 aliphatic rings. The van der Waals surface area contributed by atoms with Gasteiger partial charge in [0.1, 0.15) is 11.8 Å². The molecule has 0 fully saturated rings. The van der Waals surface area contributed by atoms with Gasteiger partial charge in [-0.2, -0.15) is 5.26 Å². The molecule has 0 atom stereocenters. The first-order valence-electron chi connectivity index (χ1n) is 6.13. The highest BCUT2D eigenvalue weighted by Gasteiger charge is 2.12. The van der Waals surface area contributed by atoms with Gasteiger partial charge >= 0.3 is 0 Å². The Hall–Kier alpha value is -3.27. The van der Waals surface area contributed by atoms with Crippen molar-refractivity contribution < 1.29 is 4.79 Å². The third kappa shape index (κ3) is 2.30. The number of imidazole rings is 1. The smallest absolute Gasteiger partial charge is 0.182 e. The molecule has 2 aromatic heterocycles. The fraction of sp³-hybridized carbons (Fsp3) is 0.0714. The molecular formula is C14H10N6O. The summed E-state index contributed by atoms with van der Waals surface area (Å²) >= 11 is 0. The molecule has 0 bridgehead atoms. The van der Waals surface area contributed by atoms with Crippen molar-refractivity contribution in [1.29, 1.82) is 5.26 Å². The lowest BCUT2D eigenvalue weighted by Crippen LogP contribution is -2.10. The number of fused-ring (bicyclic) bond motifs is 1. The van der Waals surface area contributed by atoms with Crippen LogP contribution in [0.25, 0.3) is 11.2 Å². The lowest BCUT2D eigenvalue weighted by molar-refractivity contribution is 0.0973.